The molecule has 2 aromatic heterocycles. The average Bonchev–Trinajstić information content (AvgIpc) is 3.36. The van der Waals surface area contributed by atoms with E-state index < -0.39 is 6.04 Å². The number of para-hydroxylation sites is 1. The number of aromatic amines is 1. The minimum Gasteiger partial charge on any atom is -0.497 e. The first kappa shape index (κ1) is 23.9. The number of hydrogen-bond acceptors (Lipinski definition) is 8. The lowest BCUT2D eigenvalue weighted by Gasteiger charge is -2.39. The highest BCUT2D eigenvalue weighted by Crippen LogP contribution is 2.30. The summed E-state index contributed by atoms with van der Waals surface area (Å²) in [6, 6.07) is 13.7. The Balaban J connectivity index is 1.53. The predicted molar refractivity (Wildman–Crippen MR) is 133 cm³/mol. The first-order chi connectivity index (χ1) is 17.6. The first-order valence-corrected chi connectivity index (χ1v) is 11.8. The molecule has 0 aliphatic carbocycles. The van der Waals surface area contributed by atoms with Gasteiger partial charge in [-0.1, -0.05) is 12.1 Å². The van der Waals surface area contributed by atoms with Crippen LogP contribution in [0.25, 0.3) is 10.9 Å². The summed E-state index contributed by atoms with van der Waals surface area (Å²) in [6.07, 6.45) is 0. The van der Waals surface area contributed by atoms with Gasteiger partial charge in [-0.3, -0.25) is 9.69 Å². The summed E-state index contributed by atoms with van der Waals surface area (Å²) in [5, 5.41) is 13.2. The molecule has 1 N–H and O–H groups in total. The molecule has 1 fully saturated rings. The maximum atomic E-state index is 14.4. The number of aromatic nitrogens is 5. The van der Waals surface area contributed by atoms with Gasteiger partial charge >= 0.3 is 0 Å². The Hall–Kier alpha value is -3.83. The molecule has 10 nitrogen and oxygen atoms in total. The third kappa shape index (κ3) is 4.67. The second-order valence-corrected chi connectivity index (χ2v) is 8.64. The predicted octanol–water partition coefficient (Wildman–Crippen LogP) is 2.22. The standard InChI is InChI=1S/C25H28FN7O3/c1-35-14-13-33-24(28-29-30-33)23(19-16-17-15-18(36-2)7-8-21(17)27-25(19)34)32-11-9-31(10-12-32)22-6-4-3-5-20(22)26/h3-8,15-16,23H,9-14H2,1-2H3,(H,27,34)/t23-/m0/s1. The number of tetrazole rings is 1. The Labute approximate surface area is 207 Å². The van der Waals surface area contributed by atoms with Gasteiger partial charge in [0, 0.05) is 49.8 Å². The molecule has 0 amide bonds. The van der Waals surface area contributed by atoms with E-state index in [-0.39, 0.29) is 11.4 Å². The normalized spacial score (nSPS) is 15.4. The van der Waals surface area contributed by atoms with E-state index in [4.69, 9.17) is 9.47 Å². The van der Waals surface area contributed by atoms with E-state index in [1.807, 2.05) is 35.2 Å². The van der Waals surface area contributed by atoms with Gasteiger partial charge in [0.05, 0.1) is 25.9 Å². The Morgan fingerprint density at radius 1 is 1.08 bits per heavy atom. The number of methoxy groups -OCH3 is 2. The zero-order valence-electron chi connectivity index (χ0n) is 20.2. The topological polar surface area (TPSA) is 101 Å². The summed E-state index contributed by atoms with van der Waals surface area (Å²) in [7, 11) is 3.22. The van der Waals surface area contributed by atoms with Crippen molar-refractivity contribution in [3.05, 3.63) is 76.1 Å². The lowest BCUT2D eigenvalue weighted by atomic mass is 10.0. The van der Waals surface area contributed by atoms with Crippen LogP contribution in [0, 0.1) is 5.82 Å². The van der Waals surface area contributed by atoms with Gasteiger partial charge in [0.1, 0.15) is 17.6 Å². The minimum absolute atomic E-state index is 0.213. The van der Waals surface area contributed by atoms with E-state index in [1.165, 1.54) is 6.07 Å². The van der Waals surface area contributed by atoms with E-state index in [2.05, 4.69) is 25.4 Å². The molecule has 1 saturated heterocycles. The van der Waals surface area contributed by atoms with Crippen LogP contribution < -0.4 is 15.2 Å². The van der Waals surface area contributed by atoms with Crippen LogP contribution in [0.4, 0.5) is 10.1 Å². The molecule has 188 valence electrons. The van der Waals surface area contributed by atoms with Crippen molar-refractivity contribution in [2.75, 3.05) is 51.9 Å². The summed E-state index contributed by atoms with van der Waals surface area (Å²) < 4.78 is 26.7. The van der Waals surface area contributed by atoms with Crippen LogP contribution in [0.3, 0.4) is 0 Å². The van der Waals surface area contributed by atoms with E-state index in [1.54, 1.807) is 31.0 Å². The summed E-state index contributed by atoms with van der Waals surface area (Å²) >= 11 is 0. The van der Waals surface area contributed by atoms with Crippen molar-refractivity contribution in [2.45, 2.75) is 12.6 Å². The fraction of sp³-hybridized carbons (Fsp3) is 0.360. The molecular weight excluding hydrogens is 465 g/mol. The second-order valence-electron chi connectivity index (χ2n) is 8.64. The number of rotatable bonds is 8. The van der Waals surface area contributed by atoms with Crippen LogP contribution in [0.2, 0.25) is 0 Å². The number of halogens is 1. The Kier molecular flexibility index (Phi) is 6.92. The molecule has 1 atom stereocenters. The fourth-order valence-corrected chi connectivity index (χ4v) is 4.70. The van der Waals surface area contributed by atoms with E-state index in [9.17, 15) is 9.18 Å². The fourth-order valence-electron chi connectivity index (χ4n) is 4.70. The summed E-state index contributed by atoms with van der Waals surface area (Å²) in [4.78, 5) is 20.5. The largest absolute Gasteiger partial charge is 0.497 e. The number of ether oxygens (including phenoxy) is 2. The van der Waals surface area contributed by atoms with Crippen LogP contribution >= 0.6 is 0 Å². The van der Waals surface area contributed by atoms with E-state index in [0.29, 0.717) is 67.7 Å². The maximum absolute atomic E-state index is 14.4. The molecule has 1 aliphatic rings. The van der Waals surface area contributed by atoms with Gasteiger partial charge in [-0.15, -0.1) is 5.10 Å². The number of hydrogen-bond donors (Lipinski definition) is 1. The molecule has 2 aromatic carbocycles. The van der Waals surface area contributed by atoms with Gasteiger partial charge in [0.15, 0.2) is 5.82 Å². The monoisotopic (exact) mass is 493 g/mol. The number of nitrogens with one attached hydrogen (secondary N) is 1. The molecule has 0 unspecified atom stereocenters. The minimum atomic E-state index is -0.501. The molecule has 0 radical (unpaired) electrons. The molecule has 3 heterocycles. The number of nitrogens with zero attached hydrogens (tertiary/aromatic N) is 6. The number of benzene rings is 2. The molecule has 0 spiro atoms. The number of fused-ring (bicyclic) bond motifs is 1. The lowest BCUT2D eigenvalue weighted by molar-refractivity contribution is 0.171. The Morgan fingerprint density at radius 3 is 2.64 bits per heavy atom. The van der Waals surface area contributed by atoms with Crippen molar-refractivity contribution >= 4 is 16.6 Å². The summed E-state index contributed by atoms with van der Waals surface area (Å²) in [5.74, 6) is 1.01. The van der Waals surface area contributed by atoms with Crippen molar-refractivity contribution in [1.82, 2.24) is 30.1 Å². The summed E-state index contributed by atoms with van der Waals surface area (Å²) in [5.41, 5.74) is 1.61. The average molecular weight is 494 g/mol. The Bertz CT molecular complexity index is 1400. The first-order valence-electron chi connectivity index (χ1n) is 11.8. The molecule has 1 aliphatic heterocycles. The van der Waals surface area contributed by atoms with Crippen LogP contribution in [-0.2, 0) is 11.3 Å². The second kappa shape index (κ2) is 10.4. The zero-order chi connectivity index (χ0) is 25.1. The van der Waals surface area contributed by atoms with Crippen LogP contribution in [0.15, 0.2) is 53.3 Å². The van der Waals surface area contributed by atoms with Crippen LogP contribution in [0.1, 0.15) is 17.4 Å². The van der Waals surface area contributed by atoms with Gasteiger partial charge in [-0.05, 0) is 46.8 Å². The smallest absolute Gasteiger partial charge is 0.253 e. The van der Waals surface area contributed by atoms with E-state index >= 15 is 0 Å². The number of H-pyrrole nitrogens is 1. The maximum Gasteiger partial charge on any atom is 0.253 e. The molecular formula is C25H28FN7O3. The number of pyridine rings is 1. The molecule has 11 heteroatoms. The highest BCUT2D eigenvalue weighted by molar-refractivity contribution is 5.80. The Morgan fingerprint density at radius 2 is 1.89 bits per heavy atom. The van der Waals surface area contributed by atoms with Gasteiger partial charge in [0.2, 0.25) is 0 Å². The quantitative estimate of drug-likeness (QED) is 0.399. The number of anilines is 1. The highest BCUT2D eigenvalue weighted by atomic mass is 19.1. The van der Waals surface area contributed by atoms with Crippen LogP contribution in [0.5, 0.6) is 5.75 Å². The van der Waals surface area contributed by atoms with Crippen molar-refractivity contribution in [2.24, 2.45) is 0 Å². The van der Waals surface area contributed by atoms with Gasteiger partial charge in [-0.2, -0.15) is 0 Å². The highest BCUT2D eigenvalue weighted by Gasteiger charge is 2.33. The lowest BCUT2D eigenvalue weighted by Crippen LogP contribution is -2.49. The molecule has 0 bridgehead atoms. The SMILES string of the molecule is COCCn1nnnc1[C@H](c1cc2cc(OC)ccc2[nH]c1=O)N1CCN(c2ccccc2F)CC1. The number of piperazine rings is 1. The van der Waals surface area contributed by atoms with Gasteiger partial charge in [-0.25, -0.2) is 9.07 Å². The van der Waals surface area contributed by atoms with Crippen LogP contribution in [-0.4, -0.2) is 77.1 Å². The molecule has 36 heavy (non-hydrogen) atoms. The molecule has 5 rings (SSSR count). The van der Waals surface area contributed by atoms with Gasteiger partial charge < -0.3 is 19.4 Å². The molecule has 0 saturated carbocycles. The molecule has 4 aromatic rings. The summed E-state index contributed by atoms with van der Waals surface area (Å²) in [6.45, 7) is 3.24. The van der Waals surface area contributed by atoms with E-state index in [0.717, 1.165) is 5.39 Å². The third-order valence-corrected chi connectivity index (χ3v) is 6.56. The third-order valence-electron chi connectivity index (χ3n) is 6.56. The van der Waals surface area contributed by atoms with Crippen molar-refractivity contribution < 1.29 is 13.9 Å². The van der Waals surface area contributed by atoms with Crippen molar-refractivity contribution in [3.63, 3.8) is 0 Å². The van der Waals surface area contributed by atoms with Crippen molar-refractivity contribution in [1.29, 1.82) is 0 Å². The zero-order valence-corrected chi connectivity index (χ0v) is 20.2. The van der Waals surface area contributed by atoms with Crippen molar-refractivity contribution in [3.8, 4) is 5.75 Å². The van der Waals surface area contributed by atoms with Gasteiger partial charge in [0.25, 0.3) is 5.56 Å².